The Morgan fingerprint density at radius 3 is 0.802 bits per heavy atom. The number of aromatic amines is 1. The quantitative estimate of drug-likeness (QED) is 0.172. The molecule has 0 spiro atoms. The van der Waals surface area contributed by atoms with Gasteiger partial charge in [-0.1, -0.05) is 287 Å². The molecule has 2 aliphatic rings. The smallest absolute Gasteiger partial charge is 0.0713 e. The van der Waals surface area contributed by atoms with Crippen LogP contribution in [0.1, 0.15) is 44.5 Å². The largest absolute Gasteiger partial charge is 0.355 e. The summed E-state index contributed by atoms with van der Waals surface area (Å²) in [6, 6.07) is 123. The second kappa shape index (κ2) is 22.2. The molecule has 0 fully saturated rings. The summed E-state index contributed by atoms with van der Waals surface area (Å²) in [5.41, 5.74) is 24.3. The van der Waals surface area contributed by atoms with Crippen molar-refractivity contribution < 1.29 is 0 Å². The first-order valence-electron chi connectivity index (χ1n) is 31.0. The summed E-state index contributed by atoms with van der Waals surface area (Å²) in [5.74, 6) is 0. The molecule has 91 heavy (non-hydrogen) atoms. The third kappa shape index (κ3) is 8.59. The van der Waals surface area contributed by atoms with Crippen molar-refractivity contribution in [3.63, 3.8) is 0 Å². The van der Waals surface area contributed by atoms with Crippen LogP contribution in [0, 0.1) is 0 Å². The Bertz CT molecular complexity index is 5170. The SMILES string of the molecule is Brc1ccc2c(c1)-c1cc(Br)ccc1C2(c1ccccc1)c1ccccc1.c1ccc(C2(c3ccccc3)c3ccc(-n4c5ccccc5c5ccccc54)cc3-c3cc(-n4c5ccccc5c5ccccc54)ccc32)cc1.c1ccc2c(c1)[nH]c1ccccc12. The van der Waals surface area contributed by atoms with Crippen LogP contribution >= 0.6 is 31.9 Å². The van der Waals surface area contributed by atoms with Gasteiger partial charge in [0.05, 0.1) is 32.9 Å². The first kappa shape index (κ1) is 54.6. The predicted octanol–water partition coefficient (Wildman–Crippen LogP) is 23.1. The third-order valence-electron chi connectivity index (χ3n) is 19.1. The van der Waals surface area contributed by atoms with Crippen LogP contribution in [-0.2, 0) is 10.8 Å². The molecule has 1 N–H and O–H groups in total. The minimum absolute atomic E-state index is 0.311. The van der Waals surface area contributed by atoms with Crippen molar-refractivity contribution in [2.75, 3.05) is 0 Å². The molecule has 0 bridgehead atoms. The van der Waals surface area contributed by atoms with Gasteiger partial charge >= 0.3 is 0 Å². The molecular weight excluding hydrogens is 1230 g/mol. The van der Waals surface area contributed by atoms with E-state index in [2.05, 4.69) is 386 Å². The summed E-state index contributed by atoms with van der Waals surface area (Å²) in [6.45, 7) is 0. The van der Waals surface area contributed by atoms with E-state index < -0.39 is 5.41 Å². The number of halogens is 2. The first-order chi connectivity index (χ1) is 45.0. The number of hydrogen-bond donors (Lipinski definition) is 1. The molecule has 19 rings (SSSR count). The van der Waals surface area contributed by atoms with Crippen molar-refractivity contribution in [3.05, 3.63) is 393 Å². The highest BCUT2D eigenvalue weighted by molar-refractivity contribution is 9.10. The molecule has 0 atom stereocenters. The molecule has 3 nitrogen and oxygen atoms in total. The number of para-hydroxylation sites is 6. The van der Waals surface area contributed by atoms with Gasteiger partial charge in [-0.15, -0.1) is 0 Å². The number of H-pyrrole nitrogens is 1. The zero-order chi connectivity index (χ0) is 60.6. The molecule has 3 heterocycles. The first-order valence-corrected chi connectivity index (χ1v) is 32.6. The van der Waals surface area contributed by atoms with E-state index >= 15 is 0 Å². The normalized spacial score (nSPS) is 13.1. The maximum Gasteiger partial charge on any atom is 0.0713 e. The number of benzene rings is 14. The number of aromatic nitrogens is 3. The van der Waals surface area contributed by atoms with Crippen LogP contribution in [0.4, 0.5) is 0 Å². The monoisotopic (exact) mass is 1290 g/mol. The number of rotatable bonds is 6. The van der Waals surface area contributed by atoms with Gasteiger partial charge in [-0.05, 0) is 152 Å². The van der Waals surface area contributed by atoms with Gasteiger partial charge in [0.1, 0.15) is 0 Å². The standard InChI is InChI=1S/C49H32N2.C25H16Br2.C12H9N/c1-3-15-33(16-4-1)49(34-17-5-2-6-18-34)43-29-27-35(50-45-23-11-7-19-37(45)38-20-8-12-24-46(38)50)31-41(43)42-32-36(28-30-44(42)49)51-47-25-13-9-21-39(47)40-22-10-14-26-48(40)51;26-19-11-13-23-21(15-19)22-16-20(27)12-14-24(22)25(23,17-7-3-1-4-8-17)18-9-5-2-6-10-18;1-3-7-11-9(5-1)10-6-2-4-8-12(10)13-11/h1-32H;1-16H;1-8,13H. The second-order valence-corrected chi connectivity index (χ2v) is 25.6. The fourth-order valence-corrected chi connectivity index (χ4v) is 16.1. The summed E-state index contributed by atoms with van der Waals surface area (Å²) in [7, 11) is 0. The van der Waals surface area contributed by atoms with Crippen molar-refractivity contribution in [2.45, 2.75) is 10.8 Å². The highest BCUT2D eigenvalue weighted by Crippen LogP contribution is 2.59. The Morgan fingerprint density at radius 1 is 0.231 bits per heavy atom. The number of nitrogens with one attached hydrogen (secondary N) is 1. The van der Waals surface area contributed by atoms with Crippen LogP contribution < -0.4 is 0 Å². The summed E-state index contributed by atoms with van der Waals surface area (Å²) in [4.78, 5) is 3.38. The maximum atomic E-state index is 3.67. The minimum Gasteiger partial charge on any atom is -0.355 e. The zero-order valence-electron chi connectivity index (χ0n) is 49.5. The lowest BCUT2D eigenvalue weighted by molar-refractivity contribution is 0.768. The highest BCUT2D eigenvalue weighted by Gasteiger charge is 2.48. The third-order valence-corrected chi connectivity index (χ3v) is 20.1. The molecule has 0 aliphatic heterocycles. The summed E-state index contributed by atoms with van der Waals surface area (Å²) in [5, 5.41) is 7.68. The van der Waals surface area contributed by atoms with E-state index in [1.807, 2.05) is 0 Å². The Hall–Kier alpha value is -10.6. The van der Waals surface area contributed by atoms with Gasteiger partial charge in [-0.2, -0.15) is 0 Å². The fraction of sp³-hybridized carbons (Fsp3) is 0.0233. The average Bonchev–Trinajstić information content (AvgIpc) is 1.59. The van der Waals surface area contributed by atoms with Crippen LogP contribution in [0.2, 0.25) is 0 Å². The molecular formula is C86H57Br2N3. The van der Waals surface area contributed by atoms with Crippen molar-refractivity contribution >= 4 is 97.3 Å². The Labute approximate surface area is 545 Å². The lowest BCUT2D eigenvalue weighted by Crippen LogP contribution is -2.28. The van der Waals surface area contributed by atoms with E-state index in [1.165, 1.54) is 132 Å². The maximum absolute atomic E-state index is 3.67. The van der Waals surface area contributed by atoms with Crippen LogP contribution in [-0.4, -0.2) is 14.1 Å². The van der Waals surface area contributed by atoms with Crippen molar-refractivity contribution in [1.29, 1.82) is 0 Å². The minimum atomic E-state index is -0.480. The van der Waals surface area contributed by atoms with E-state index in [4.69, 9.17) is 0 Å². The number of fused-ring (bicyclic) bond motifs is 15. The number of nitrogens with zero attached hydrogens (tertiary/aromatic N) is 2. The van der Waals surface area contributed by atoms with Gasteiger partial charge < -0.3 is 14.1 Å². The average molecular weight is 1290 g/mol. The fourth-order valence-electron chi connectivity index (χ4n) is 15.4. The molecule has 3 aromatic heterocycles. The van der Waals surface area contributed by atoms with E-state index in [0.717, 1.165) is 20.3 Å². The molecule has 0 unspecified atom stereocenters. The van der Waals surface area contributed by atoms with Gasteiger partial charge in [0.25, 0.3) is 0 Å². The van der Waals surface area contributed by atoms with E-state index in [9.17, 15) is 0 Å². The highest BCUT2D eigenvalue weighted by atomic mass is 79.9. The van der Waals surface area contributed by atoms with Gasteiger partial charge in [0.15, 0.2) is 0 Å². The molecule has 17 aromatic rings. The van der Waals surface area contributed by atoms with Crippen LogP contribution in [0.5, 0.6) is 0 Å². The molecule has 430 valence electrons. The van der Waals surface area contributed by atoms with Crippen LogP contribution in [0.3, 0.4) is 0 Å². The van der Waals surface area contributed by atoms with Gasteiger partial charge in [0, 0.05) is 63.7 Å². The van der Waals surface area contributed by atoms with Crippen LogP contribution in [0.25, 0.3) is 99.0 Å². The predicted molar refractivity (Wildman–Crippen MR) is 387 cm³/mol. The van der Waals surface area contributed by atoms with Gasteiger partial charge in [0.2, 0.25) is 0 Å². The summed E-state index contributed by atoms with van der Waals surface area (Å²) < 4.78 is 7.08. The molecule has 0 amide bonds. The Kier molecular flexibility index (Phi) is 13.3. The molecule has 2 aliphatic carbocycles. The summed E-state index contributed by atoms with van der Waals surface area (Å²) in [6.07, 6.45) is 0. The molecule has 0 saturated carbocycles. The van der Waals surface area contributed by atoms with E-state index in [-0.39, 0.29) is 5.41 Å². The Morgan fingerprint density at radius 2 is 0.484 bits per heavy atom. The van der Waals surface area contributed by atoms with Crippen molar-refractivity contribution in [1.82, 2.24) is 14.1 Å². The lowest BCUT2D eigenvalue weighted by Gasteiger charge is -2.34. The number of hydrogen-bond acceptors (Lipinski definition) is 0. The van der Waals surface area contributed by atoms with E-state index in [1.54, 1.807) is 0 Å². The zero-order valence-corrected chi connectivity index (χ0v) is 52.7. The molecule has 5 heteroatoms. The Balaban J connectivity index is 0.000000131. The van der Waals surface area contributed by atoms with Crippen LogP contribution in [0.15, 0.2) is 349 Å². The summed E-state index contributed by atoms with van der Waals surface area (Å²) >= 11 is 7.35. The van der Waals surface area contributed by atoms with Gasteiger partial charge in [-0.3, -0.25) is 0 Å². The van der Waals surface area contributed by atoms with E-state index in [0.29, 0.717) is 0 Å². The molecule has 14 aromatic carbocycles. The lowest BCUT2D eigenvalue weighted by atomic mass is 9.68. The topological polar surface area (TPSA) is 25.6 Å². The molecule has 0 saturated heterocycles. The second-order valence-electron chi connectivity index (χ2n) is 23.8. The van der Waals surface area contributed by atoms with Crippen molar-refractivity contribution in [2.24, 2.45) is 0 Å². The van der Waals surface area contributed by atoms with Gasteiger partial charge in [-0.25, -0.2) is 0 Å². The van der Waals surface area contributed by atoms with Crippen molar-refractivity contribution in [3.8, 4) is 33.6 Å². The molecule has 0 radical (unpaired) electrons.